The van der Waals surface area contributed by atoms with Crippen LogP contribution in [0.3, 0.4) is 0 Å². The van der Waals surface area contributed by atoms with E-state index in [1.54, 1.807) is 31.4 Å². The van der Waals surface area contributed by atoms with Crippen molar-refractivity contribution < 1.29 is 9.66 Å². The third-order valence-electron chi connectivity index (χ3n) is 3.27. The fourth-order valence-electron chi connectivity index (χ4n) is 2.18. The highest BCUT2D eigenvalue weighted by Crippen LogP contribution is 2.28. The summed E-state index contributed by atoms with van der Waals surface area (Å²) in [7, 11) is 1.55. The molecular formula is C16H12ClN5O3. The van der Waals surface area contributed by atoms with Gasteiger partial charge in [0.05, 0.1) is 17.6 Å². The number of anilines is 2. The maximum Gasteiger partial charge on any atom is 0.271 e. The number of nitro benzene ring substituents is 1. The van der Waals surface area contributed by atoms with E-state index in [-0.39, 0.29) is 16.9 Å². The Morgan fingerprint density at radius 3 is 2.68 bits per heavy atom. The molecule has 1 aromatic heterocycles. The quantitative estimate of drug-likeness (QED) is 0.546. The molecule has 0 atom stereocenters. The second kappa shape index (κ2) is 7.10. The molecule has 0 unspecified atom stereocenters. The molecule has 2 aromatic carbocycles. The number of ether oxygens (including phenoxy) is 1. The molecular weight excluding hydrogens is 346 g/mol. The lowest BCUT2D eigenvalue weighted by Crippen LogP contribution is -2.02. The fourth-order valence-corrected chi connectivity index (χ4v) is 2.34. The summed E-state index contributed by atoms with van der Waals surface area (Å²) in [5.41, 5.74) is 1.06. The molecule has 3 aromatic rings. The number of nitrogens with one attached hydrogen (secondary N) is 1. The molecule has 1 heterocycles. The van der Waals surface area contributed by atoms with E-state index in [4.69, 9.17) is 16.3 Å². The van der Waals surface area contributed by atoms with Gasteiger partial charge in [0, 0.05) is 17.8 Å². The van der Waals surface area contributed by atoms with Crippen molar-refractivity contribution in [2.45, 2.75) is 0 Å². The third kappa shape index (κ3) is 3.81. The van der Waals surface area contributed by atoms with Crippen LogP contribution in [0.2, 0.25) is 5.28 Å². The number of rotatable bonds is 5. The van der Waals surface area contributed by atoms with Crippen LogP contribution < -0.4 is 10.1 Å². The molecule has 8 nitrogen and oxygen atoms in total. The van der Waals surface area contributed by atoms with Gasteiger partial charge in [-0.1, -0.05) is 18.2 Å². The Bertz CT molecular complexity index is 935. The molecule has 25 heavy (non-hydrogen) atoms. The Morgan fingerprint density at radius 2 is 1.92 bits per heavy atom. The van der Waals surface area contributed by atoms with Gasteiger partial charge in [0.25, 0.3) is 5.69 Å². The smallest absolute Gasteiger partial charge is 0.271 e. The minimum atomic E-state index is -0.480. The monoisotopic (exact) mass is 357 g/mol. The molecule has 0 bridgehead atoms. The zero-order valence-corrected chi connectivity index (χ0v) is 13.8. The van der Waals surface area contributed by atoms with E-state index in [2.05, 4.69) is 20.3 Å². The highest BCUT2D eigenvalue weighted by Gasteiger charge is 2.13. The zero-order valence-electron chi connectivity index (χ0n) is 13.0. The number of non-ortho nitro benzene ring substituents is 1. The average Bonchev–Trinajstić information content (AvgIpc) is 2.61. The number of nitro groups is 1. The summed E-state index contributed by atoms with van der Waals surface area (Å²) < 4.78 is 5.30. The van der Waals surface area contributed by atoms with Crippen molar-refractivity contribution in [1.29, 1.82) is 0 Å². The number of hydrogen-bond acceptors (Lipinski definition) is 7. The largest absolute Gasteiger partial charge is 0.496 e. The van der Waals surface area contributed by atoms with Crippen molar-refractivity contribution in [2.75, 3.05) is 12.4 Å². The van der Waals surface area contributed by atoms with Crippen LogP contribution in [-0.4, -0.2) is 27.0 Å². The first-order valence-corrected chi connectivity index (χ1v) is 7.51. The number of hydrogen-bond donors (Lipinski definition) is 1. The van der Waals surface area contributed by atoms with Gasteiger partial charge < -0.3 is 10.1 Å². The molecule has 1 N–H and O–H groups in total. The molecule has 0 amide bonds. The first-order valence-electron chi connectivity index (χ1n) is 7.13. The summed E-state index contributed by atoms with van der Waals surface area (Å²) in [6, 6.07) is 13.2. The van der Waals surface area contributed by atoms with Gasteiger partial charge in [0.1, 0.15) is 5.75 Å². The number of halogens is 1. The van der Waals surface area contributed by atoms with Gasteiger partial charge in [-0.15, -0.1) is 0 Å². The topological polar surface area (TPSA) is 103 Å². The number of nitrogens with zero attached hydrogens (tertiary/aromatic N) is 4. The first kappa shape index (κ1) is 16.6. The Hall–Kier alpha value is -3.26. The Balaban J connectivity index is 1.97. The zero-order chi connectivity index (χ0) is 17.8. The molecule has 126 valence electrons. The third-order valence-corrected chi connectivity index (χ3v) is 3.44. The van der Waals surface area contributed by atoms with Gasteiger partial charge >= 0.3 is 0 Å². The van der Waals surface area contributed by atoms with Crippen LogP contribution in [-0.2, 0) is 0 Å². The van der Waals surface area contributed by atoms with Crippen LogP contribution in [0, 0.1) is 10.1 Å². The van der Waals surface area contributed by atoms with E-state index >= 15 is 0 Å². The molecule has 3 rings (SSSR count). The molecule has 0 aliphatic carbocycles. The number of methoxy groups -OCH3 is 1. The number of para-hydroxylation sites is 1. The van der Waals surface area contributed by atoms with Gasteiger partial charge in [0.2, 0.25) is 11.2 Å². The van der Waals surface area contributed by atoms with Crippen LogP contribution in [0.15, 0.2) is 48.5 Å². The molecule has 0 fully saturated rings. The van der Waals surface area contributed by atoms with Crippen molar-refractivity contribution in [1.82, 2.24) is 15.0 Å². The Labute approximate surface area is 147 Å². The summed E-state index contributed by atoms with van der Waals surface area (Å²) in [5, 5.41) is 13.8. The molecule has 9 heteroatoms. The highest BCUT2D eigenvalue weighted by atomic mass is 35.5. The normalized spacial score (nSPS) is 10.3. The van der Waals surface area contributed by atoms with Gasteiger partial charge in [-0.2, -0.15) is 15.0 Å². The van der Waals surface area contributed by atoms with Crippen molar-refractivity contribution in [3.8, 4) is 17.1 Å². The van der Waals surface area contributed by atoms with Crippen molar-refractivity contribution in [3.63, 3.8) is 0 Å². The van der Waals surface area contributed by atoms with E-state index in [9.17, 15) is 10.1 Å². The molecule has 0 radical (unpaired) electrons. The second-order valence-corrected chi connectivity index (χ2v) is 5.22. The standard InChI is InChI=1S/C16H12ClN5O3/c1-25-13-8-3-2-7-12(13)14-19-15(17)21-16(20-14)18-10-5-4-6-11(9-10)22(23)24/h2-9H,1H3,(H,18,19,20,21). The fraction of sp³-hybridized carbons (Fsp3) is 0.0625. The van der Waals surface area contributed by atoms with E-state index < -0.39 is 4.92 Å². The van der Waals surface area contributed by atoms with Crippen LogP contribution in [0.25, 0.3) is 11.4 Å². The Morgan fingerprint density at radius 1 is 1.12 bits per heavy atom. The second-order valence-electron chi connectivity index (χ2n) is 4.88. The lowest BCUT2D eigenvalue weighted by Gasteiger charge is -2.09. The Kier molecular flexibility index (Phi) is 4.71. The van der Waals surface area contributed by atoms with E-state index in [1.165, 1.54) is 12.1 Å². The predicted molar refractivity (Wildman–Crippen MR) is 93.2 cm³/mol. The molecule has 0 saturated carbocycles. The summed E-state index contributed by atoms with van der Waals surface area (Å²) in [5.74, 6) is 1.08. The summed E-state index contributed by atoms with van der Waals surface area (Å²) >= 11 is 5.99. The number of aromatic nitrogens is 3. The minimum absolute atomic E-state index is 0.0103. The van der Waals surface area contributed by atoms with Crippen LogP contribution >= 0.6 is 11.6 Å². The SMILES string of the molecule is COc1ccccc1-c1nc(Cl)nc(Nc2cccc([N+](=O)[O-])c2)n1. The average molecular weight is 358 g/mol. The van der Waals surface area contributed by atoms with E-state index in [0.29, 0.717) is 22.8 Å². The summed E-state index contributed by atoms with van der Waals surface area (Å²) in [6.45, 7) is 0. The maximum absolute atomic E-state index is 10.9. The summed E-state index contributed by atoms with van der Waals surface area (Å²) in [6.07, 6.45) is 0. The molecule has 0 spiro atoms. The summed E-state index contributed by atoms with van der Waals surface area (Å²) in [4.78, 5) is 22.8. The van der Waals surface area contributed by atoms with Crippen LogP contribution in [0.5, 0.6) is 5.75 Å². The molecule has 0 saturated heterocycles. The lowest BCUT2D eigenvalue weighted by molar-refractivity contribution is -0.384. The lowest BCUT2D eigenvalue weighted by atomic mass is 10.2. The van der Waals surface area contributed by atoms with Gasteiger partial charge in [-0.3, -0.25) is 10.1 Å². The highest BCUT2D eigenvalue weighted by molar-refractivity contribution is 6.28. The molecule has 0 aliphatic heterocycles. The van der Waals surface area contributed by atoms with Gasteiger partial charge in [-0.05, 0) is 29.8 Å². The van der Waals surface area contributed by atoms with Crippen LogP contribution in [0.4, 0.5) is 17.3 Å². The maximum atomic E-state index is 10.9. The predicted octanol–water partition coefficient (Wildman–Crippen LogP) is 3.85. The van der Waals surface area contributed by atoms with E-state index in [0.717, 1.165) is 0 Å². The van der Waals surface area contributed by atoms with Crippen molar-refractivity contribution in [3.05, 3.63) is 63.9 Å². The van der Waals surface area contributed by atoms with E-state index in [1.807, 2.05) is 12.1 Å². The number of benzene rings is 2. The molecule has 0 aliphatic rings. The van der Waals surface area contributed by atoms with Crippen LogP contribution in [0.1, 0.15) is 0 Å². The minimum Gasteiger partial charge on any atom is -0.496 e. The first-order chi connectivity index (χ1) is 12.1. The van der Waals surface area contributed by atoms with Crippen molar-refractivity contribution in [2.24, 2.45) is 0 Å². The van der Waals surface area contributed by atoms with Gasteiger partial charge in [0.15, 0.2) is 5.82 Å². The van der Waals surface area contributed by atoms with Gasteiger partial charge in [-0.25, -0.2) is 0 Å². The van der Waals surface area contributed by atoms with Crippen molar-refractivity contribution >= 4 is 28.9 Å².